The van der Waals surface area contributed by atoms with E-state index in [9.17, 15) is 13.9 Å². The van der Waals surface area contributed by atoms with Gasteiger partial charge in [-0.3, -0.25) is 0 Å². The fraction of sp³-hybridized carbons (Fsp3) is 0.857. The number of fused-ring (bicyclic) bond motifs is 2. The summed E-state index contributed by atoms with van der Waals surface area (Å²) in [6.07, 6.45) is 1.48. The van der Waals surface area contributed by atoms with Gasteiger partial charge < -0.3 is 4.90 Å². The average molecular weight is 250 g/mol. The maximum atomic E-state index is 11.7. The summed E-state index contributed by atoms with van der Waals surface area (Å²) in [6.45, 7) is 2.35. The van der Waals surface area contributed by atoms with Crippen LogP contribution in [0.2, 0.25) is 0 Å². The zero-order valence-corrected chi connectivity index (χ0v) is 9.42. The van der Waals surface area contributed by atoms with Crippen LogP contribution in [0.4, 0.5) is 4.79 Å². The van der Waals surface area contributed by atoms with Crippen LogP contribution in [0.1, 0.15) is 19.8 Å². The highest BCUT2D eigenvalue weighted by Gasteiger charge is 2.47. The molecular formula is C7H12N3O5S+. The number of hydrogen-bond donors (Lipinski definition) is 1. The van der Waals surface area contributed by atoms with Crippen LogP contribution in [0.3, 0.4) is 0 Å². The van der Waals surface area contributed by atoms with Crippen LogP contribution in [0.25, 0.3) is 0 Å². The molecule has 0 aromatic carbocycles. The summed E-state index contributed by atoms with van der Waals surface area (Å²) < 4.78 is 26.3. The normalized spacial score (nSPS) is 32.5. The lowest BCUT2D eigenvalue weighted by Crippen LogP contribution is -2.37. The minimum atomic E-state index is -4.29. The van der Waals surface area contributed by atoms with E-state index in [4.69, 9.17) is 4.55 Å². The van der Waals surface area contributed by atoms with Gasteiger partial charge in [-0.25, -0.2) is 9.35 Å². The Labute approximate surface area is 92.3 Å². The molecule has 16 heavy (non-hydrogen) atoms. The first-order chi connectivity index (χ1) is 7.44. The van der Waals surface area contributed by atoms with Crippen LogP contribution in [-0.4, -0.2) is 43.4 Å². The summed E-state index contributed by atoms with van der Waals surface area (Å²) >= 11 is 0. The highest BCUT2D eigenvalue weighted by Crippen LogP contribution is 2.30. The highest BCUT2D eigenvalue weighted by atomic mass is 32.2. The molecule has 0 aromatic rings. The number of hydrogen-bond acceptors (Lipinski definition) is 4. The Balaban J connectivity index is 2.22. The van der Waals surface area contributed by atoms with E-state index in [2.05, 4.69) is 4.28 Å². The largest absolute Gasteiger partial charge is 0.617 e. The number of rotatable bonds is 2. The third kappa shape index (κ3) is 1.78. The Morgan fingerprint density at radius 1 is 1.56 bits per heavy atom. The molecule has 0 spiro atoms. The van der Waals surface area contributed by atoms with Crippen LogP contribution in [0.15, 0.2) is 0 Å². The highest BCUT2D eigenvalue weighted by molar-refractivity contribution is 7.82. The second kappa shape index (κ2) is 3.70. The lowest BCUT2D eigenvalue weighted by atomic mass is 10.0. The molecule has 2 fully saturated rings. The zero-order chi connectivity index (χ0) is 11.9. The number of carbonyl (C=O) groups is 1. The smallest absolute Gasteiger partial charge is 0.318 e. The summed E-state index contributed by atoms with van der Waals surface area (Å²) in [7, 11) is -4.29. The molecule has 9 heteroatoms. The molecule has 0 saturated carbocycles. The first-order valence-electron chi connectivity index (χ1n) is 4.85. The Kier molecular flexibility index (Phi) is 2.62. The minimum absolute atomic E-state index is 0.0799. The topological polar surface area (TPSA) is 101 Å². The van der Waals surface area contributed by atoms with Crippen molar-refractivity contribution in [3.8, 4) is 0 Å². The van der Waals surface area contributed by atoms with Gasteiger partial charge in [0, 0.05) is 12.6 Å². The summed E-state index contributed by atoms with van der Waals surface area (Å²) in [5.41, 5.74) is 0. The van der Waals surface area contributed by atoms with Gasteiger partial charge in [0.05, 0.1) is 6.04 Å². The summed E-state index contributed by atoms with van der Waals surface area (Å²) in [4.78, 5) is 23.3. The van der Waals surface area contributed by atoms with Gasteiger partial charge in [0.2, 0.25) is 0 Å². The van der Waals surface area contributed by atoms with Crippen molar-refractivity contribution in [3.63, 3.8) is 0 Å². The molecule has 2 heterocycles. The lowest BCUT2D eigenvalue weighted by molar-refractivity contribution is -0.0262. The van der Waals surface area contributed by atoms with E-state index >= 15 is 0 Å². The Morgan fingerprint density at radius 3 is 2.81 bits per heavy atom. The Morgan fingerprint density at radius 2 is 2.25 bits per heavy atom. The SMILES string of the molecule is CC1CCC2CN1C(=O)N2OS(=O)(O)=[N+]=O. The summed E-state index contributed by atoms with van der Waals surface area (Å²) in [5.74, 6) is 0. The molecule has 1 N–H and O–H groups in total. The molecule has 2 aliphatic heterocycles. The fourth-order valence-corrected chi connectivity index (χ4v) is 2.46. The summed E-state index contributed by atoms with van der Waals surface area (Å²) in [5, 5.41) is 0.799. The fourth-order valence-electron chi connectivity index (χ4n) is 2.04. The van der Waals surface area contributed by atoms with E-state index in [1.165, 1.54) is 0 Å². The van der Waals surface area contributed by atoms with Gasteiger partial charge in [-0.1, -0.05) is 4.28 Å². The molecular weight excluding hydrogens is 238 g/mol. The number of piperidine rings is 1. The predicted octanol–water partition coefficient (Wildman–Crippen LogP) is -0.104. The molecule has 0 aliphatic carbocycles. The number of nitrogens with zero attached hydrogens (tertiary/aromatic N) is 3. The number of amides is 2. The average Bonchev–Trinajstić information content (AvgIpc) is 2.49. The molecule has 2 rings (SSSR count). The van der Waals surface area contributed by atoms with Crippen molar-refractivity contribution < 1.29 is 17.8 Å². The van der Waals surface area contributed by atoms with E-state index in [1.807, 2.05) is 11.1 Å². The van der Waals surface area contributed by atoms with E-state index in [-0.39, 0.29) is 12.1 Å². The van der Waals surface area contributed by atoms with Crippen molar-refractivity contribution in [2.24, 2.45) is 0 Å². The molecule has 2 aliphatic rings. The van der Waals surface area contributed by atoms with Crippen molar-refractivity contribution in [1.82, 2.24) is 14.2 Å². The summed E-state index contributed by atoms with van der Waals surface area (Å²) in [6, 6.07) is -0.685. The predicted molar refractivity (Wildman–Crippen MR) is 53.8 cm³/mol. The number of hydroxylamine groups is 2. The molecule has 3 unspecified atom stereocenters. The van der Waals surface area contributed by atoms with Gasteiger partial charge in [-0.2, -0.15) is 5.06 Å². The van der Waals surface area contributed by atoms with Gasteiger partial charge >= 0.3 is 20.5 Å². The van der Waals surface area contributed by atoms with Crippen LogP contribution in [0.5, 0.6) is 0 Å². The Bertz CT molecular complexity index is 453. The zero-order valence-electron chi connectivity index (χ0n) is 8.61. The Hall–Kier alpha value is -1.15. The molecule has 0 radical (unpaired) electrons. The van der Waals surface area contributed by atoms with Crippen molar-refractivity contribution in [2.45, 2.75) is 31.8 Å². The lowest BCUT2D eigenvalue weighted by Gasteiger charge is -2.26. The maximum Gasteiger partial charge on any atom is 0.617 e. The van der Waals surface area contributed by atoms with Crippen molar-refractivity contribution in [2.75, 3.05) is 6.54 Å². The van der Waals surface area contributed by atoms with E-state index < -0.39 is 16.3 Å². The molecule has 3 atom stereocenters. The van der Waals surface area contributed by atoms with E-state index in [1.54, 1.807) is 4.90 Å². The first-order valence-corrected chi connectivity index (χ1v) is 6.25. The first kappa shape index (κ1) is 11.3. The maximum absolute atomic E-state index is 11.7. The third-order valence-corrected chi connectivity index (χ3v) is 3.44. The van der Waals surface area contributed by atoms with Gasteiger partial charge in [0.1, 0.15) is 0 Å². The van der Waals surface area contributed by atoms with E-state index in [0.717, 1.165) is 11.5 Å². The van der Waals surface area contributed by atoms with E-state index in [0.29, 0.717) is 13.0 Å². The van der Waals surface area contributed by atoms with Crippen molar-refractivity contribution in [1.29, 1.82) is 0 Å². The molecule has 0 aromatic heterocycles. The quantitative estimate of drug-likeness (QED) is 0.689. The van der Waals surface area contributed by atoms with Crippen molar-refractivity contribution >= 4 is 16.3 Å². The standard InChI is InChI=1S/C7H11N3O5S/c1-5-2-3-6-4-9(5)7(11)10(6)15-16(13,14)8-12/h5-6H,2-4H2,1H3/p+1. The monoisotopic (exact) mass is 250 g/mol. The second-order valence-corrected chi connectivity index (χ2v) is 5.13. The van der Waals surface area contributed by atoms with Crippen LogP contribution in [0, 0.1) is 4.91 Å². The van der Waals surface area contributed by atoms with Crippen LogP contribution < -0.4 is 4.22 Å². The molecule has 2 bridgehead atoms. The number of urea groups is 1. The third-order valence-electron chi connectivity index (χ3n) is 2.89. The van der Waals surface area contributed by atoms with Crippen LogP contribution >= 0.6 is 0 Å². The second-order valence-electron chi connectivity index (χ2n) is 3.94. The van der Waals surface area contributed by atoms with Gasteiger partial charge in [0.25, 0.3) is 0 Å². The van der Waals surface area contributed by atoms with Gasteiger partial charge in [-0.15, -0.1) is 4.21 Å². The molecule has 8 nitrogen and oxygen atoms in total. The molecule has 2 saturated heterocycles. The molecule has 90 valence electrons. The number of nitroso groups, excluding NO2 is 1. The number of carbonyl (C=O) groups excluding carboxylic acids is 1. The van der Waals surface area contributed by atoms with Crippen molar-refractivity contribution in [3.05, 3.63) is 4.91 Å². The molecule has 2 amide bonds. The van der Waals surface area contributed by atoms with Gasteiger partial charge in [0.15, 0.2) is 4.91 Å². The minimum Gasteiger partial charge on any atom is -0.318 e. The van der Waals surface area contributed by atoms with Crippen LogP contribution in [-0.2, 0) is 14.6 Å². The van der Waals surface area contributed by atoms with Gasteiger partial charge in [-0.05, 0) is 19.8 Å².